The summed E-state index contributed by atoms with van der Waals surface area (Å²) in [6.07, 6.45) is 2.36. The topological polar surface area (TPSA) is 49.3 Å². The Morgan fingerprint density at radius 2 is 2.24 bits per heavy atom. The maximum atomic E-state index is 13.3. The van der Waals surface area contributed by atoms with E-state index in [2.05, 4.69) is 14.9 Å². The molecule has 0 N–H and O–H groups in total. The SMILES string of the molecule is CC(=O)N(C)C1CCN(c2ncnc3cc(F)ccc23)C1. The third-order valence-corrected chi connectivity index (χ3v) is 4.08. The van der Waals surface area contributed by atoms with Gasteiger partial charge in [-0.15, -0.1) is 0 Å². The Morgan fingerprint density at radius 1 is 1.43 bits per heavy atom. The van der Waals surface area contributed by atoms with Crippen LogP contribution in [0.1, 0.15) is 13.3 Å². The summed E-state index contributed by atoms with van der Waals surface area (Å²) in [6.45, 7) is 3.14. The van der Waals surface area contributed by atoms with Crippen LogP contribution in [0.2, 0.25) is 0 Å². The Balaban J connectivity index is 1.90. The Hall–Kier alpha value is -2.24. The highest BCUT2D eigenvalue weighted by Crippen LogP contribution is 2.27. The molecule has 21 heavy (non-hydrogen) atoms. The van der Waals surface area contributed by atoms with E-state index in [0.717, 1.165) is 30.7 Å². The Bertz CT molecular complexity index is 690. The Labute approximate surface area is 122 Å². The second-order valence-corrected chi connectivity index (χ2v) is 5.38. The van der Waals surface area contributed by atoms with Crippen molar-refractivity contribution in [2.45, 2.75) is 19.4 Å². The van der Waals surface area contributed by atoms with Gasteiger partial charge >= 0.3 is 0 Å². The molecule has 1 atom stereocenters. The molecule has 1 unspecified atom stereocenters. The van der Waals surface area contributed by atoms with Crippen molar-refractivity contribution < 1.29 is 9.18 Å². The van der Waals surface area contributed by atoms with Crippen LogP contribution < -0.4 is 4.90 Å². The molecule has 1 aliphatic heterocycles. The summed E-state index contributed by atoms with van der Waals surface area (Å²) in [7, 11) is 1.82. The predicted molar refractivity (Wildman–Crippen MR) is 78.6 cm³/mol. The second-order valence-electron chi connectivity index (χ2n) is 5.38. The van der Waals surface area contributed by atoms with E-state index in [1.807, 2.05) is 7.05 Å². The normalized spacial score (nSPS) is 18.2. The first-order chi connectivity index (χ1) is 10.1. The maximum absolute atomic E-state index is 13.3. The average Bonchev–Trinajstić information content (AvgIpc) is 2.94. The fraction of sp³-hybridized carbons (Fsp3) is 0.400. The summed E-state index contributed by atoms with van der Waals surface area (Å²) in [4.78, 5) is 23.8. The van der Waals surface area contributed by atoms with Gasteiger partial charge in [0, 0.05) is 38.5 Å². The minimum absolute atomic E-state index is 0.0662. The Morgan fingerprint density at radius 3 is 3.00 bits per heavy atom. The van der Waals surface area contributed by atoms with Gasteiger partial charge in [0.15, 0.2) is 0 Å². The van der Waals surface area contributed by atoms with Crippen molar-refractivity contribution in [1.82, 2.24) is 14.9 Å². The van der Waals surface area contributed by atoms with Crippen LogP contribution >= 0.6 is 0 Å². The molecule has 5 nitrogen and oxygen atoms in total. The van der Waals surface area contributed by atoms with E-state index in [1.54, 1.807) is 17.9 Å². The number of anilines is 1. The standard InChI is InChI=1S/C15H17FN4O/c1-10(21)19(2)12-5-6-20(8-12)15-13-4-3-11(16)7-14(13)17-9-18-15/h3-4,7,9,12H,5-6,8H2,1-2H3. The first kappa shape index (κ1) is 13.7. The monoisotopic (exact) mass is 288 g/mol. The molecule has 1 aromatic heterocycles. The summed E-state index contributed by atoms with van der Waals surface area (Å²) in [5, 5.41) is 0.838. The van der Waals surface area contributed by atoms with E-state index in [4.69, 9.17) is 0 Å². The number of benzene rings is 1. The molecule has 0 spiro atoms. The van der Waals surface area contributed by atoms with Crippen molar-refractivity contribution in [3.05, 3.63) is 30.3 Å². The molecule has 0 radical (unpaired) electrons. The highest BCUT2D eigenvalue weighted by molar-refractivity contribution is 5.89. The number of aromatic nitrogens is 2. The molecule has 0 aliphatic carbocycles. The first-order valence-corrected chi connectivity index (χ1v) is 6.95. The van der Waals surface area contributed by atoms with Gasteiger partial charge in [0.1, 0.15) is 18.0 Å². The quantitative estimate of drug-likeness (QED) is 0.846. The summed E-state index contributed by atoms with van der Waals surface area (Å²) < 4.78 is 13.3. The lowest BCUT2D eigenvalue weighted by molar-refractivity contribution is -0.129. The second kappa shape index (κ2) is 5.27. The molecule has 1 saturated heterocycles. The van der Waals surface area contributed by atoms with Gasteiger partial charge in [0.25, 0.3) is 0 Å². The van der Waals surface area contributed by atoms with Gasteiger partial charge in [0.2, 0.25) is 5.91 Å². The zero-order valence-corrected chi connectivity index (χ0v) is 12.1. The number of carbonyl (C=O) groups is 1. The molecular weight excluding hydrogens is 271 g/mol. The molecule has 0 saturated carbocycles. The maximum Gasteiger partial charge on any atom is 0.219 e. The Kier molecular flexibility index (Phi) is 3.45. The van der Waals surface area contributed by atoms with Gasteiger partial charge in [-0.25, -0.2) is 14.4 Å². The van der Waals surface area contributed by atoms with Crippen LogP contribution in [0.15, 0.2) is 24.5 Å². The number of likely N-dealkylation sites (N-methyl/N-ethyl adjacent to an activating group) is 1. The molecule has 2 aromatic rings. The lowest BCUT2D eigenvalue weighted by Crippen LogP contribution is -2.37. The summed E-state index contributed by atoms with van der Waals surface area (Å²) in [5.74, 6) is 0.568. The van der Waals surface area contributed by atoms with Crippen LogP contribution in [0.5, 0.6) is 0 Å². The fourth-order valence-corrected chi connectivity index (χ4v) is 2.78. The van der Waals surface area contributed by atoms with Crippen molar-refractivity contribution >= 4 is 22.6 Å². The number of hydrogen-bond acceptors (Lipinski definition) is 4. The van der Waals surface area contributed by atoms with Crippen LogP contribution in [0, 0.1) is 5.82 Å². The van der Waals surface area contributed by atoms with Gasteiger partial charge in [-0.05, 0) is 18.6 Å². The van der Waals surface area contributed by atoms with Gasteiger partial charge in [-0.2, -0.15) is 0 Å². The van der Waals surface area contributed by atoms with Gasteiger partial charge < -0.3 is 9.80 Å². The number of amides is 1. The highest BCUT2D eigenvalue weighted by Gasteiger charge is 2.28. The number of halogens is 1. The molecule has 2 heterocycles. The van der Waals surface area contributed by atoms with E-state index in [-0.39, 0.29) is 17.8 Å². The molecule has 1 amide bonds. The fourth-order valence-electron chi connectivity index (χ4n) is 2.78. The first-order valence-electron chi connectivity index (χ1n) is 6.95. The van der Waals surface area contributed by atoms with Gasteiger partial charge in [-0.3, -0.25) is 4.79 Å². The van der Waals surface area contributed by atoms with Gasteiger partial charge in [-0.1, -0.05) is 0 Å². The zero-order valence-electron chi connectivity index (χ0n) is 12.1. The molecule has 110 valence electrons. The van der Waals surface area contributed by atoms with E-state index >= 15 is 0 Å². The highest BCUT2D eigenvalue weighted by atomic mass is 19.1. The van der Waals surface area contributed by atoms with E-state index in [1.165, 1.54) is 18.5 Å². The molecule has 6 heteroatoms. The lowest BCUT2D eigenvalue weighted by Gasteiger charge is -2.24. The minimum Gasteiger partial charge on any atom is -0.354 e. The third-order valence-electron chi connectivity index (χ3n) is 4.08. The van der Waals surface area contributed by atoms with Crippen LogP contribution in [-0.2, 0) is 4.79 Å². The molecule has 1 aromatic carbocycles. The van der Waals surface area contributed by atoms with E-state index in [9.17, 15) is 9.18 Å². The van der Waals surface area contributed by atoms with Gasteiger partial charge in [0.05, 0.1) is 11.6 Å². The number of rotatable bonds is 2. The van der Waals surface area contributed by atoms with Crippen molar-refractivity contribution in [3.63, 3.8) is 0 Å². The van der Waals surface area contributed by atoms with Crippen molar-refractivity contribution in [1.29, 1.82) is 0 Å². The summed E-state index contributed by atoms with van der Waals surface area (Å²) in [5.41, 5.74) is 0.600. The van der Waals surface area contributed by atoms with E-state index < -0.39 is 0 Å². The number of hydrogen-bond donors (Lipinski definition) is 0. The van der Waals surface area contributed by atoms with Crippen LogP contribution in [0.3, 0.4) is 0 Å². The molecule has 3 rings (SSSR count). The smallest absolute Gasteiger partial charge is 0.219 e. The lowest BCUT2D eigenvalue weighted by atomic mass is 10.2. The average molecular weight is 288 g/mol. The predicted octanol–water partition coefficient (Wildman–Crippen LogP) is 1.83. The largest absolute Gasteiger partial charge is 0.354 e. The summed E-state index contributed by atoms with van der Waals surface area (Å²) >= 11 is 0. The van der Waals surface area contributed by atoms with Crippen molar-refractivity contribution in [3.8, 4) is 0 Å². The molecular formula is C15H17FN4O. The molecule has 1 aliphatic rings. The van der Waals surface area contributed by atoms with E-state index in [0.29, 0.717) is 5.52 Å². The number of nitrogens with zero attached hydrogens (tertiary/aromatic N) is 4. The molecule has 1 fully saturated rings. The molecule has 0 bridgehead atoms. The number of carbonyl (C=O) groups excluding carboxylic acids is 1. The zero-order chi connectivity index (χ0) is 15.0. The van der Waals surface area contributed by atoms with Crippen LogP contribution in [0.4, 0.5) is 10.2 Å². The van der Waals surface area contributed by atoms with Crippen LogP contribution in [0.25, 0.3) is 10.9 Å². The third kappa shape index (κ3) is 2.53. The summed E-state index contributed by atoms with van der Waals surface area (Å²) in [6, 6.07) is 4.73. The van der Waals surface area contributed by atoms with Crippen LogP contribution in [-0.4, -0.2) is 47.0 Å². The van der Waals surface area contributed by atoms with Crippen molar-refractivity contribution in [2.75, 3.05) is 25.0 Å². The van der Waals surface area contributed by atoms with Crippen molar-refractivity contribution in [2.24, 2.45) is 0 Å². The minimum atomic E-state index is -0.303. The number of fused-ring (bicyclic) bond motifs is 1.